The van der Waals surface area contributed by atoms with E-state index < -0.39 is 0 Å². The predicted molar refractivity (Wildman–Crippen MR) is 76.1 cm³/mol. The average Bonchev–Trinajstić information content (AvgIpc) is 2.74. The molecule has 0 atom stereocenters. The molecule has 3 aromatic rings. The van der Waals surface area contributed by atoms with Crippen molar-refractivity contribution >= 4 is 5.65 Å². The van der Waals surface area contributed by atoms with Gasteiger partial charge in [0.2, 0.25) is 5.88 Å². The minimum atomic E-state index is 0.148. The van der Waals surface area contributed by atoms with E-state index in [0.29, 0.717) is 11.3 Å². The highest BCUT2D eigenvalue weighted by molar-refractivity contribution is 5.65. The lowest BCUT2D eigenvalue weighted by Crippen LogP contribution is -1.93. The summed E-state index contributed by atoms with van der Waals surface area (Å²) in [4.78, 5) is 8.64. The van der Waals surface area contributed by atoms with Crippen LogP contribution < -0.4 is 4.74 Å². The molecule has 0 saturated carbocycles. The zero-order valence-corrected chi connectivity index (χ0v) is 11.6. The van der Waals surface area contributed by atoms with E-state index >= 15 is 0 Å². The maximum Gasteiger partial charge on any atom is 0.219 e. The number of fused-ring (bicyclic) bond motifs is 1. The van der Waals surface area contributed by atoms with Crippen LogP contribution in [0.3, 0.4) is 0 Å². The molecule has 0 radical (unpaired) electrons. The largest absolute Gasteiger partial charge is 0.497 e. The summed E-state index contributed by atoms with van der Waals surface area (Å²) in [5.41, 5.74) is 4.07. The highest BCUT2D eigenvalue weighted by Crippen LogP contribution is 2.27. The van der Waals surface area contributed by atoms with E-state index in [4.69, 9.17) is 4.74 Å². The molecule has 3 rings (SSSR count). The molecule has 0 fully saturated rings. The number of imidazole rings is 1. The van der Waals surface area contributed by atoms with Crippen LogP contribution in [-0.4, -0.2) is 26.6 Å². The Bertz CT molecular complexity index is 793. The van der Waals surface area contributed by atoms with Gasteiger partial charge >= 0.3 is 0 Å². The minimum absolute atomic E-state index is 0.148. The smallest absolute Gasteiger partial charge is 0.219 e. The van der Waals surface area contributed by atoms with Gasteiger partial charge in [0.25, 0.3) is 0 Å². The lowest BCUT2D eigenvalue weighted by atomic mass is 10.1. The SMILES string of the molecule is COc1ccc(-c2cn3c(O)c(C)nc3cn2)c(C)c1. The van der Waals surface area contributed by atoms with Crippen molar-refractivity contribution in [3.63, 3.8) is 0 Å². The standard InChI is InChI=1S/C15H15N3O2/c1-9-6-11(20-3)4-5-12(9)13-8-18-14(7-16-13)17-10(2)15(18)19/h4-8,19H,1-3H3. The molecule has 0 unspecified atom stereocenters. The zero-order chi connectivity index (χ0) is 14.3. The van der Waals surface area contributed by atoms with Gasteiger partial charge < -0.3 is 9.84 Å². The van der Waals surface area contributed by atoms with Gasteiger partial charge in [0, 0.05) is 11.8 Å². The van der Waals surface area contributed by atoms with Crippen molar-refractivity contribution in [1.29, 1.82) is 0 Å². The average molecular weight is 269 g/mol. The minimum Gasteiger partial charge on any atom is -0.497 e. The Labute approximate surface area is 116 Å². The summed E-state index contributed by atoms with van der Waals surface area (Å²) in [5.74, 6) is 0.962. The van der Waals surface area contributed by atoms with E-state index in [-0.39, 0.29) is 5.88 Å². The summed E-state index contributed by atoms with van der Waals surface area (Å²) < 4.78 is 6.84. The van der Waals surface area contributed by atoms with Crippen LogP contribution in [0, 0.1) is 13.8 Å². The number of ether oxygens (including phenoxy) is 1. The number of hydrogen-bond acceptors (Lipinski definition) is 4. The summed E-state index contributed by atoms with van der Waals surface area (Å²) >= 11 is 0. The summed E-state index contributed by atoms with van der Waals surface area (Å²) in [6, 6.07) is 5.82. The molecule has 1 aromatic carbocycles. The molecule has 2 heterocycles. The van der Waals surface area contributed by atoms with Crippen molar-refractivity contribution in [2.24, 2.45) is 0 Å². The third-order valence-electron chi connectivity index (χ3n) is 3.36. The number of aromatic nitrogens is 3. The highest BCUT2D eigenvalue weighted by atomic mass is 16.5. The zero-order valence-electron chi connectivity index (χ0n) is 11.6. The van der Waals surface area contributed by atoms with Gasteiger partial charge in [-0.25, -0.2) is 4.98 Å². The van der Waals surface area contributed by atoms with E-state index in [1.165, 1.54) is 0 Å². The molecule has 0 aliphatic carbocycles. The third kappa shape index (κ3) is 1.87. The number of aromatic hydroxyl groups is 1. The van der Waals surface area contributed by atoms with Crippen LogP contribution in [0.25, 0.3) is 16.9 Å². The molecule has 0 aliphatic heterocycles. The first-order valence-corrected chi connectivity index (χ1v) is 6.29. The Kier molecular flexibility index (Phi) is 2.82. The third-order valence-corrected chi connectivity index (χ3v) is 3.36. The Morgan fingerprint density at radius 2 is 2.05 bits per heavy atom. The number of nitrogens with zero attached hydrogens (tertiary/aromatic N) is 3. The van der Waals surface area contributed by atoms with Crippen molar-refractivity contribution in [1.82, 2.24) is 14.4 Å². The molecule has 5 nitrogen and oxygen atoms in total. The number of methoxy groups -OCH3 is 1. The van der Waals surface area contributed by atoms with E-state index in [2.05, 4.69) is 9.97 Å². The molecule has 20 heavy (non-hydrogen) atoms. The quantitative estimate of drug-likeness (QED) is 0.777. The van der Waals surface area contributed by atoms with E-state index in [1.54, 1.807) is 30.8 Å². The van der Waals surface area contributed by atoms with Gasteiger partial charge in [-0.05, 0) is 37.6 Å². The fourth-order valence-corrected chi connectivity index (χ4v) is 2.25. The first-order valence-electron chi connectivity index (χ1n) is 6.29. The summed E-state index contributed by atoms with van der Waals surface area (Å²) in [6.45, 7) is 3.77. The van der Waals surface area contributed by atoms with Crippen molar-refractivity contribution in [2.75, 3.05) is 7.11 Å². The lowest BCUT2D eigenvalue weighted by molar-refractivity contribution is 0.414. The van der Waals surface area contributed by atoms with Crippen LogP contribution in [0.2, 0.25) is 0 Å². The van der Waals surface area contributed by atoms with Gasteiger partial charge in [-0.3, -0.25) is 9.38 Å². The second-order valence-corrected chi connectivity index (χ2v) is 4.70. The monoisotopic (exact) mass is 269 g/mol. The summed E-state index contributed by atoms with van der Waals surface area (Å²) in [7, 11) is 1.64. The van der Waals surface area contributed by atoms with Gasteiger partial charge in [-0.1, -0.05) is 0 Å². The molecule has 0 amide bonds. The van der Waals surface area contributed by atoms with E-state index in [9.17, 15) is 5.11 Å². The van der Waals surface area contributed by atoms with Gasteiger partial charge in [0.1, 0.15) is 11.4 Å². The Morgan fingerprint density at radius 1 is 1.25 bits per heavy atom. The first kappa shape index (κ1) is 12.5. The van der Waals surface area contributed by atoms with Crippen LogP contribution in [0.5, 0.6) is 11.6 Å². The number of hydrogen-bond donors (Lipinski definition) is 1. The fourth-order valence-electron chi connectivity index (χ4n) is 2.25. The van der Waals surface area contributed by atoms with Crippen LogP contribution in [0.15, 0.2) is 30.6 Å². The maximum atomic E-state index is 9.97. The highest BCUT2D eigenvalue weighted by Gasteiger charge is 2.10. The summed E-state index contributed by atoms with van der Waals surface area (Å²) in [5, 5.41) is 9.97. The number of benzene rings is 1. The maximum absolute atomic E-state index is 9.97. The van der Waals surface area contributed by atoms with E-state index in [0.717, 1.165) is 22.6 Å². The lowest BCUT2D eigenvalue weighted by Gasteiger charge is -2.08. The predicted octanol–water partition coefficient (Wildman–Crippen LogP) is 2.73. The molecular weight excluding hydrogens is 254 g/mol. The normalized spacial score (nSPS) is 10.9. The number of rotatable bonds is 2. The van der Waals surface area contributed by atoms with Gasteiger partial charge in [0.15, 0.2) is 5.65 Å². The van der Waals surface area contributed by atoms with Gasteiger partial charge in [0.05, 0.1) is 19.0 Å². The first-order chi connectivity index (χ1) is 9.60. The fraction of sp³-hybridized carbons (Fsp3) is 0.200. The van der Waals surface area contributed by atoms with Crippen LogP contribution >= 0.6 is 0 Å². The van der Waals surface area contributed by atoms with Crippen LogP contribution in [0.4, 0.5) is 0 Å². The molecule has 0 spiro atoms. The van der Waals surface area contributed by atoms with Crippen molar-refractivity contribution in [2.45, 2.75) is 13.8 Å². The molecule has 1 N–H and O–H groups in total. The van der Waals surface area contributed by atoms with Crippen LogP contribution in [0.1, 0.15) is 11.3 Å². The Hall–Kier alpha value is -2.56. The van der Waals surface area contributed by atoms with Crippen molar-refractivity contribution in [3.05, 3.63) is 41.9 Å². The topological polar surface area (TPSA) is 59.7 Å². The molecular formula is C15H15N3O2. The van der Waals surface area contributed by atoms with Crippen molar-refractivity contribution < 1.29 is 9.84 Å². The van der Waals surface area contributed by atoms with Gasteiger partial charge in [-0.2, -0.15) is 0 Å². The number of aryl methyl sites for hydroxylation is 2. The molecule has 0 bridgehead atoms. The molecule has 0 saturated heterocycles. The Morgan fingerprint density at radius 3 is 2.75 bits per heavy atom. The molecule has 0 aliphatic rings. The van der Waals surface area contributed by atoms with Crippen molar-refractivity contribution in [3.8, 4) is 22.9 Å². The molecule has 2 aromatic heterocycles. The Balaban J connectivity index is 2.17. The second-order valence-electron chi connectivity index (χ2n) is 4.70. The van der Waals surface area contributed by atoms with E-state index in [1.807, 2.05) is 25.1 Å². The van der Waals surface area contributed by atoms with Crippen LogP contribution in [-0.2, 0) is 0 Å². The second kappa shape index (κ2) is 4.52. The van der Waals surface area contributed by atoms with Gasteiger partial charge in [-0.15, -0.1) is 0 Å². The molecule has 5 heteroatoms. The summed E-state index contributed by atoms with van der Waals surface area (Å²) in [6.07, 6.45) is 3.45. The molecule has 102 valence electrons.